The predicted octanol–water partition coefficient (Wildman–Crippen LogP) is 3.86. The summed E-state index contributed by atoms with van der Waals surface area (Å²) in [6, 6.07) is 12.6. The van der Waals surface area contributed by atoms with Crippen LogP contribution in [0.4, 0.5) is 4.39 Å². The molecule has 2 heteroatoms. The summed E-state index contributed by atoms with van der Waals surface area (Å²) in [7, 11) is 0. The van der Waals surface area contributed by atoms with Gasteiger partial charge in [-0.25, -0.2) is 4.39 Å². The van der Waals surface area contributed by atoms with Gasteiger partial charge in [-0.1, -0.05) is 30.3 Å². The molecule has 2 aromatic rings. The van der Waals surface area contributed by atoms with Crippen molar-refractivity contribution in [2.75, 3.05) is 0 Å². The molecule has 1 nitrogen and oxygen atoms in total. The summed E-state index contributed by atoms with van der Waals surface area (Å²) in [4.78, 5) is 0. The Kier molecular flexibility index (Phi) is 2.88. The molecule has 0 aliphatic heterocycles. The average Bonchev–Trinajstić information content (AvgIpc) is 2.39. The molecule has 0 saturated carbocycles. The van der Waals surface area contributed by atoms with Crippen LogP contribution < -0.4 is 0 Å². The fraction of sp³-hybridized carbons (Fsp3) is 0.250. The second-order valence-electron chi connectivity index (χ2n) is 4.83. The topological polar surface area (TPSA) is 20.2 Å². The largest absolute Gasteiger partial charge is 0.388 e. The molecular formula is C16H15FO. The third-order valence-electron chi connectivity index (χ3n) is 3.58. The molecule has 1 N–H and O–H groups in total. The van der Waals surface area contributed by atoms with Gasteiger partial charge in [0.05, 0.1) is 6.10 Å². The molecule has 0 bridgehead atoms. The van der Waals surface area contributed by atoms with E-state index in [0.717, 1.165) is 36.0 Å². The lowest BCUT2D eigenvalue weighted by molar-refractivity contribution is 0.156. The summed E-state index contributed by atoms with van der Waals surface area (Å²) in [6.07, 6.45) is 2.51. The molecule has 0 fully saturated rings. The van der Waals surface area contributed by atoms with E-state index in [4.69, 9.17) is 0 Å². The van der Waals surface area contributed by atoms with Crippen molar-refractivity contribution in [3.63, 3.8) is 0 Å². The summed E-state index contributed by atoms with van der Waals surface area (Å²) >= 11 is 0. The van der Waals surface area contributed by atoms with Crippen molar-refractivity contribution >= 4 is 0 Å². The SMILES string of the molecule is O[C@H]1CCCc2cc(-c3cccc(F)c3)ccc21. The summed E-state index contributed by atoms with van der Waals surface area (Å²) in [6.45, 7) is 0. The number of aliphatic hydroxyl groups excluding tert-OH is 1. The van der Waals surface area contributed by atoms with Crippen molar-refractivity contribution in [1.82, 2.24) is 0 Å². The van der Waals surface area contributed by atoms with Gasteiger partial charge in [-0.15, -0.1) is 0 Å². The molecule has 2 aromatic carbocycles. The first-order chi connectivity index (χ1) is 8.74. The Labute approximate surface area is 106 Å². The first kappa shape index (κ1) is 11.4. The van der Waals surface area contributed by atoms with Gasteiger partial charge in [0.2, 0.25) is 0 Å². The van der Waals surface area contributed by atoms with Crippen molar-refractivity contribution < 1.29 is 9.50 Å². The summed E-state index contributed by atoms with van der Waals surface area (Å²) in [5, 5.41) is 9.91. The molecule has 0 spiro atoms. The Hall–Kier alpha value is -1.67. The van der Waals surface area contributed by atoms with Gasteiger partial charge in [-0.05, 0) is 53.6 Å². The van der Waals surface area contributed by atoms with E-state index >= 15 is 0 Å². The summed E-state index contributed by atoms with van der Waals surface area (Å²) < 4.78 is 13.2. The van der Waals surface area contributed by atoms with Crippen LogP contribution in [0.2, 0.25) is 0 Å². The van der Waals surface area contributed by atoms with E-state index in [1.807, 2.05) is 18.2 Å². The second-order valence-corrected chi connectivity index (χ2v) is 4.83. The van der Waals surface area contributed by atoms with Crippen molar-refractivity contribution in [2.45, 2.75) is 25.4 Å². The lowest BCUT2D eigenvalue weighted by Crippen LogP contribution is -2.08. The van der Waals surface area contributed by atoms with Gasteiger partial charge in [-0.2, -0.15) is 0 Å². The minimum atomic E-state index is -0.338. The number of hydrogen-bond acceptors (Lipinski definition) is 1. The maximum atomic E-state index is 13.2. The first-order valence-corrected chi connectivity index (χ1v) is 6.31. The first-order valence-electron chi connectivity index (χ1n) is 6.31. The number of aryl methyl sites for hydroxylation is 1. The van der Waals surface area contributed by atoms with Crippen LogP contribution in [0.3, 0.4) is 0 Å². The zero-order valence-corrected chi connectivity index (χ0v) is 10.1. The van der Waals surface area contributed by atoms with Crippen molar-refractivity contribution in [3.8, 4) is 11.1 Å². The lowest BCUT2D eigenvalue weighted by Gasteiger charge is -2.22. The van der Waals surface area contributed by atoms with Crippen molar-refractivity contribution in [1.29, 1.82) is 0 Å². The van der Waals surface area contributed by atoms with Crippen molar-refractivity contribution in [3.05, 3.63) is 59.4 Å². The van der Waals surface area contributed by atoms with Crippen LogP contribution in [-0.4, -0.2) is 5.11 Å². The Bertz CT molecular complexity index is 577. The maximum absolute atomic E-state index is 13.2. The highest BCUT2D eigenvalue weighted by atomic mass is 19.1. The van der Waals surface area contributed by atoms with Gasteiger partial charge in [-0.3, -0.25) is 0 Å². The third-order valence-corrected chi connectivity index (χ3v) is 3.58. The molecule has 0 unspecified atom stereocenters. The van der Waals surface area contributed by atoms with Gasteiger partial charge >= 0.3 is 0 Å². The Morgan fingerprint density at radius 2 is 1.89 bits per heavy atom. The highest BCUT2D eigenvalue weighted by Gasteiger charge is 2.18. The third kappa shape index (κ3) is 2.04. The Morgan fingerprint density at radius 1 is 1.06 bits per heavy atom. The number of benzene rings is 2. The molecular weight excluding hydrogens is 227 g/mol. The van der Waals surface area contributed by atoms with Crippen LogP contribution in [0.15, 0.2) is 42.5 Å². The quantitative estimate of drug-likeness (QED) is 0.805. The molecule has 1 aliphatic carbocycles. The number of fused-ring (bicyclic) bond motifs is 1. The van der Waals surface area contributed by atoms with Crippen LogP contribution in [0.1, 0.15) is 30.1 Å². The molecule has 0 amide bonds. The fourth-order valence-electron chi connectivity index (χ4n) is 2.64. The number of aliphatic hydroxyl groups is 1. The van der Waals surface area contributed by atoms with Gasteiger partial charge in [0.15, 0.2) is 0 Å². The summed E-state index contributed by atoms with van der Waals surface area (Å²) in [5.74, 6) is -0.217. The molecule has 1 atom stereocenters. The lowest BCUT2D eigenvalue weighted by atomic mass is 9.87. The van der Waals surface area contributed by atoms with Crippen molar-refractivity contribution in [2.24, 2.45) is 0 Å². The van der Waals surface area contributed by atoms with Crippen LogP contribution in [0, 0.1) is 5.82 Å². The van der Waals surface area contributed by atoms with E-state index in [-0.39, 0.29) is 11.9 Å². The zero-order chi connectivity index (χ0) is 12.5. The smallest absolute Gasteiger partial charge is 0.123 e. The van der Waals surface area contributed by atoms with Gasteiger partial charge in [0, 0.05) is 0 Å². The van der Waals surface area contributed by atoms with E-state index in [1.165, 1.54) is 11.6 Å². The molecule has 92 valence electrons. The predicted molar refractivity (Wildman–Crippen MR) is 69.7 cm³/mol. The molecule has 0 aromatic heterocycles. The Balaban J connectivity index is 2.04. The van der Waals surface area contributed by atoms with Gasteiger partial charge in [0.25, 0.3) is 0 Å². The van der Waals surface area contributed by atoms with E-state index in [9.17, 15) is 9.50 Å². The average molecular weight is 242 g/mol. The maximum Gasteiger partial charge on any atom is 0.123 e. The molecule has 1 aliphatic rings. The minimum Gasteiger partial charge on any atom is -0.388 e. The van der Waals surface area contributed by atoms with Gasteiger partial charge < -0.3 is 5.11 Å². The fourth-order valence-corrected chi connectivity index (χ4v) is 2.64. The highest BCUT2D eigenvalue weighted by Crippen LogP contribution is 2.32. The van der Waals surface area contributed by atoms with E-state index < -0.39 is 0 Å². The molecule has 3 rings (SSSR count). The zero-order valence-electron chi connectivity index (χ0n) is 10.1. The number of hydrogen-bond donors (Lipinski definition) is 1. The molecule has 0 saturated heterocycles. The van der Waals surface area contributed by atoms with E-state index in [1.54, 1.807) is 12.1 Å². The second kappa shape index (κ2) is 4.54. The van der Waals surface area contributed by atoms with Crippen LogP contribution in [0.25, 0.3) is 11.1 Å². The Morgan fingerprint density at radius 3 is 2.72 bits per heavy atom. The molecule has 0 radical (unpaired) electrons. The number of halogens is 1. The van der Waals surface area contributed by atoms with Crippen LogP contribution >= 0.6 is 0 Å². The normalized spacial score (nSPS) is 18.4. The summed E-state index contributed by atoms with van der Waals surface area (Å²) in [5.41, 5.74) is 4.12. The monoisotopic (exact) mass is 242 g/mol. The minimum absolute atomic E-state index is 0.217. The highest BCUT2D eigenvalue weighted by molar-refractivity contribution is 5.65. The number of rotatable bonds is 1. The van der Waals surface area contributed by atoms with Crippen LogP contribution in [0.5, 0.6) is 0 Å². The van der Waals surface area contributed by atoms with Gasteiger partial charge in [0.1, 0.15) is 5.82 Å². The van der Waals surface area contributed by atoms with Crippen LogP contribution in [-0.2, 0) is 6.42 Å². The molecule has 18 heavy (non-hydrogen) atoms. The standard InChI is InChI=1S/C16H15FO/c17-14-5-1-3-11(10-14)12-7-8-15-13(9-12)4-2-6-16(15)18/h1,3,5,7-10,16,18H,2,4,6H2/t16-/m0/s1. The van der Waals surface area contributed by atoms with E-state index in [0.29, 0.717) is 0 Å². The van der Waals surface area contributed by atoms with E-state index in [2.05, 4.69) is 6.07 Å². The molecule has 0 heterocycles.